The maximum Gasteiger partial charge on any atom is 0.259 e. The molecular weight excluding hydrogens is 262 g/mol. The van der Waals surface area contributed by atoms with Crippen LogP contribution in [0.1, 0.15) is 27.6 Å². The van der Waals surface area contributed by atoms with E-state index in [1.165, 1.54) is 0 Å². The number of benzene rings is 1. The third-order valence-corrected chi connectivity index (χ3v) is 2.96. The predicted octanol–water partition coefficient (Wildman–Crippen LogP) is 3.31. The molecular formula is C14H14ClN3O. The molecule has 0 unspecified atom stereocenters. The van der Waals surface area contributed by atoms with Gasteiger partial charge in [-0.15, -0.1) is 0 Å². The molecule has 2 rings (SSSR count). The second kappa shape index (κ2) is 5.36. The van der Waals surface area contributed by atoms with Crippen LogP contribution in [0.4, 0.5) is 5.69 Å². The van der Waals surface area contributed by atoms with Crippen molar-refractivity contribution >= 4 is 23.2 Å². The fourth-order valence-electron chi connectivity index (χ4n) is 1.94. The quantitative estimate of drug-likeness (QED) is 0.915. The van der Waals surface area contributed by atoms with Gasteiger partial charge in [0.25, 0.3) is 5.91 Å². The molecule has 1 aromatic carbocycles. The van der Waals surface area contributed by atoms with Crippen LogP contribution < -0.4 is 5.32 Å². The zero-order valence-corrected chi connectivity index (χ0v) is 11.7. The molecule has 0 radical (unpaired) electrons. The fourth-order valence-corrected chi connectivity index (χ4v) is 2.07. The van der Waals surface area contributed by atoms with Gasteiger partial charge < -0.3 is 5.32 Å². The van der Waals surface area contributed by atoms with E-state index in [2.05, 4.69) is 15.3 Å². The summed E-state index contributed by atoms with van der Waals surface area (Å²) in [5.74, 6) is 0.454. The van der Waals surface area contributed by atoms with Gasteiger partial charge in [0.1, 0.15) is 5.82 Å². The van der Waals surface area contributed by atoms with Gasteiger partial charge in [-0.3, -0.25) is 4.79 Å². The van der Waals surface area contributed by atoms with Gasteiger partial charge in [0, 0.05) is 10.7 Å². The van der Waals surface area contributed by atoms with E-state index in [0.717, 1.165) is 0 Å². The Labute approximate surface area is 116 Å². The monoisotopic (exact) mass is 275 g/mol. The Kier molecular flexibility index (Phi) is 3.81. The largest absolute Gasteiger partial charge is 0.322 e. The molecule has 4 nitrogen and oxygen atoms in total. The first-order valence-corrected chi connectivity index (χ1v) is 6.24. The Morgan fingerprint density at radius 2 is 1.58 bits per heavy atom. The van der Waals surface area contributed by atoms with E-state index in [-0.39, 0.29) is 5.91 Å². The molecule has 1 N–H and O–H groups in total. The molecule has 98 valence electrons. The summed E-state index contributed by atoms with van der Waals surface area (Å²) in [6, 6.07) is 6.95. The number of rotatable bonds is 2. The van der Waals surface area contributed by atoms with Gasteiger partial charge in [-0.05, 0) is 45.0 Å². The van der Waals surface area contributed by atoms with Crippen molar-refractivity contribution in [2.75, 3.05) is 5.32 Å². The average molecular weight is 276 g/mol. The Hall–Kier alpha value is -1.94. The summed E-state index contributed by atoms with van der Waals surface area (Å²) in [4.78, 5) is 20.7. The molecule has 0 spiro atoms. The highest BCUT2D eigenvalue weighted by Gasteiger charge is 2.15. The first-order valence-electron chi connectivity index (χ1n) is 5.86. The van der Waals surface area contributed by atoms with Crippen LogP contribution in [0, 0.1) is 20.8 Å². The van der Waals surface area contributed by atoms with Crippen molar-refractivity contribution in [2.24, 2.45) is 0 Å². The Morgan fingerprint density at radius 1 is 1.05 bits per heavy atom. The summed E-state index contributed by atoms with van der Waals surface area (Å²) < 4.78 is 0. The normalized spacial score (nSPS) is 10.3. The summed E-state index contributed by atoms with van der Waals surface area (Å²) in [6.45, 7) is 5.41. The zero-order chi connectivity index (χ0) is 14.0. The summed E-state index contributed by atoms with van der Waals surface area (Å²) in [7, 11) is 0. The molecule has 1 aromatic heterocycles. The molecule has 0 aliphatic rings. The van der Waals surface area contributed by atoms with Crippen molar-refractivity contribution in [1.82, 2.24) is 9.97 Å². The molecule has 1 heterocycles. The number of aryl methyl sites for hydroxylation is 3. The fraction of sp³-hybridized carbons (Fsp3) is 0.214. The molecule has 0 bridgehead atoms. The van der Waals surface area contributed by atoms with Crippen LogP contribution in [0.25, 0.3) is 0 Å². The van der Waals surface area contributed by atoms with E-state index in [4.69, 9.17) is 11.6 Å². The standard InChI is InChI=1S/C14H14ClN3O/c1-8-13(9(2)17-10(3)16-8)14(19)18-12-6-4-11(15)5-7-12/h4-7H,1-3H3,(H,18,19). The van der Waals surface area contributed by atoms with Crippen molar-refractivity contribution in [3.05, 3.63) is 52.1 Å². The second-order valence-corrected chi connectivity index (χ2v) is 4.71. The number of hydrogen-bond donors (Lipinski definition) is 1. The van der Waals surface area contributed by atoms with E-state index < -0.39 is 0 Å². The zero-order valence-electron chi connectivity index (χ0n) is 11.0. The number of anilines is 1. The van der Waals surface area contributed by atoms with Gasteiger partial charge >= 0.3 is 0 Å². The molecule has 0 fully saturated rings. The lowest BCUT2D eigenvalue weighted by Crippen LogP contribution is -2.17. The number of nitrogens with one attached hydrogen (secondary N) is 1. The number of amides is 1. The van der Waals surface area contributed by atoms with Gasteiger partial charge in [-0.2, -0.15) is 0 Å². The Balaban J connectivity index is 2.28. The third-order valence-electron chi connectivity index (χ3n) is 2.71. The van der Waals surface area contributed by atoms with E-state index in [1.54, 1.807) is 45.0 Å². The molecule has 2 aromatic rings. The van der Waals surface area contributed by atoms with E-state index >= 15 is 0 Å². The molecule has 0 saturated carbocycles. The van der Waals surface area contributed by atoms with Crippen LogP contribution in [0.5, 0.6) is 0 Å². The van der Waals surface area contributed by atoms with Crippen molar-refractivity contribution < 1.29 is 4.79 Å². The molecule has 19 heavy (non-hydrogen) atoms. The SMILES string of the molecule is Cc1nc(C)c(C(=O)Nc2ccc(Cl)cc2)c(C)n1. The molecule has 1 amide bonds. The number of carbonyl (C=O) groups excluding carboxylic acids is 1. The highest BCUT2D eigenvalue weighted by Crippen LogP contribution is 2.16. The van der Waals surface area contributed by atoms with Crippen LogP contribution >= 0.6 is 11.6 Å². The minimum absolute atomic E-state index is 0.211. The maximum absolute atomic E-state index is 12.2. The van der Waals surface area contributed by atoms with E-state index in [9.17, 15) is 4.79 Å². The van der Waals surface area contributed by atoms with Gasteiger partial charge in [-0.1, -0.05) is 11.6 Å². The summed E-state index contributed by atoms with van der Waals surface area (Å²) in [5, 5.41) is 3.44. The molecule has 5 heteroatoms. The lowest BCUT2D eigenvalue weighted by Gasteiger charge is -2.10. The number of aromatic nitrogens is 2. The number of hydrogen-bond acceptors (Lipinski definition) is 3. The summed E-state index contributed by atoms with van der Waals surface area (Å²) in [5.41, 5.74) is 2.56. The highest BCUT2D eigenvalue weighted by atomic mass is 35.5. The smallest absolute Gasteiger partial charge is 0.259 e. The number of nitrogens with zero attached hydrogens (tertiary/aromatic N) is 2. The Bertz CT molecular complexity index is 600. The van der Waals surface area contributed by atoms with Crippen LogP contribution in [-0.2, 0) is 0 Å². The lowest BCUT2D eigenvalue weighted by atomic mass is 10.1. The minimum atomic E-state index is -0.211. The van der Waals surface area contributed by atoms with Crippen molar-refractivity contribution in [1.29, 1.82) is 0 Å². The van der Waals surface area contributed by atoms with Crippen molar-refractivity contribution in [3.63, 3.8) is 0 Å². The molecule has 0 aliphatic carbocycles. The van der Waals surface area contributed by atoms with Gasteiger partial charge in [0.15, 0.2) is 0 Å². The highest BCUT2D eigenvalue weighted by molar-refractivity contribution is 6.30. The van der Waals surface area contributed by atoms with Crippen LogP contribution in [0.3, 0.4) is 0 Å². The van der Waals surface area contributed by atoms with Gasteiger partial charge in [0.2, 0.25) is 0 Å². The van der Waals surface area contributed by atoms with Crippen LogP contribution in [0.2, 0.25) is 5.02 Å². The average Bonchev–Trinajstić information content (AvgIpc) is 2.30. The van der Waals surface area contributed by atoms with Gasteiger partial charge in [-0.25, -0.2) is 9.97 Å². The van der Waals surface area contributed by atoms with Crippen molar-refractivity contribution in [3.8, 4) is 0 Å². The van der Waals surface area contributed by atoms with E-state index in [0.29, 0.717) is 33.5 Å². The summed E-state index contributed by atoms with van der Waals surface area (Å²) in [6.07, 6.45) is 0. The molecule has 0 aliphatic heterocycles. The Morgan fingerprint density at radius 3 is 2.11 bits per heavy atom. The molecule has 0 saturated heterocycles. The first kappa shape index (κ1) is 13.5. The lowest BCUT2D eigenvalue weighted by molar-refractivity contribution is 0.102. The topological polar surface area (TPSA) is 54.9 Å². The minimum Gasteiger partial charge on any atom is -0.322 e. The maximum atomic E-state index is 12.2. The number of halogens is 1. The van der Waals surface area contributed by atoms with Gasteiger partial charge in [0.05, 0.1) is 17.0 Å². The third kappa shape index (κ3) is 3.09. The molecule has 0 atom stereocenters. The second-order valence-electron chi connectivity index (χ2n) is 4.28. The first-order chi connectivity index (χ1) is 8.97. The van der Waals surface area contributed by atoms with Crippen LogP contribution in [0.15, 0.2) is 24.3 Å². The predicted molar refractivity (Wildman–Crippen MR) is 75.6 cm³/mol. The number of carbonyl (C=O) groups is 1. The van der Waals surface area contributed by atoms with Crippen molar-refractivity contribution in [2.45, 2.75) is 20.8 Å². The van der Waals surface area contributed by atoms with Crippen LogP contribution in [-0.4, -0.2) is 15.9 Å². The summed E-state index contributed by atoms with van der Waals surface area (Å²) >= 11 is 5.80. The van der Waals surface area contributed by atoms with E-state index in [1.807, 2.05) is 0 Å².